The van der Waals surface area contributed by atoms with Crippen molar-refractivity contribution in [3.8, 4) is 6.07 Å². The van der Waals surface area contributed by atoms with Crippen LogP contribution in [0.3, 0.4) is 0 Å². The fourth-order valence-electron chi connectivity index (χ4n) is 2.60. The molecule has 1 aromatic carbocycles. The Morgan fingerprint density at radius 1 is 1.29 bits per heavy atom. The molecule has 2 aromatic rings. The molecule has 0 spiro atoms. The smallest absolute Gasteiger partial charge is 0.242 e. The van der Waals surface area contributed by atoms with E-state index >= 15 is 0 Å². The van der Waals surface area contributed by atoms with Crippen molar-refractivity contribution in [1.82, 2.24) is 9.21 Å². The number of aryl methyl sites for hydroxylation is 1. The van der Waals surface area contributed by atoms with Crippen LogP contribution >= 0.6 is 0 Å². The maximum Gasteiger partial charge on any atom is 0.242 e. The first-order valence-electron chi connectivity index (χ1n) is 8.68. The Balaban J connectivity index is 2.11. The van der Waals surface area contributed by atoms with Crippen LogP contribution in [-0.2, 0) is 21.4 Å². The van der Waals surface area contributed by atoms with Gasteiger partial charge in [-0.05, 0) is 36.8 Å². The maximum absolute atomic E-state index is 12.5. The number of anilines is 1. The van der Waals surface area contributed by atoms with Gasteiger partial charge in [-0.1, -0.05) is 6.07 Å². The van der Waals surface area contributed by atoms with E-state index in [4.69, 9.17) is 9.68 Å². The lowest BCUT2D eigenvalue weighted by molar-refractivity contribution is -0.117. The number of furan rings is 1. The highest BCUT2D eigenvalue weighted by molar-refractivity contribution is 7.89. The molecule has 1 N–H and O–H groups in total. The van der Waals surface area contributed by atoms with Crippen molar-refractivity contribution in [1.29, 1.82) is 5.26 Å². The molecule has 0 unspecified atom stereocenters. The number of amides is 1. The molecule has 1 aromatic heterocycles. The summed E-state index contributed by atoms with van der Waals surface area (Å²) in [5, 5.41) is 11.6. The summed E-state index contributed by atoms with van der Waals surface area (Å²) in [7, 11) is -0.692. The first-order chi connectivity index (χ1) is 13.2. The van der Waals surface area contributed by atoms with Crippen molar-refractivity contribution < 1.29 is 17.6 Å². The fraction of sp³-hybridized carbons (Fsp3) is 0.368. The molecular weight excluding hydrogens is 380 g/mol. The molecule has 9 heteroatoms. The van der Waals surface area contributed by atoms with Crippen LogP contribution < -0.4 is 5.32 Å². The van der Waals surface area contributed by atoms with Gasteiger partial charge in [0.1, 0.15) is 5.76 Å². The third-order valence-corrected chi connectivity index (χ3v) is 6.05. The minimum absolute atomic E-state index is 0.0476. The van der Waals surface area contributed by atoms with Gasteiger partial charge in [0.05, 0.1) is 30.3 Å². The first-order valence-corrected chi connectivity index (χ1v) is 10.1. The number of hydrogen-bond acceptors (Lipinski definition) is 6. The van der Waals surface area contributed by atoms with Gasteiger partial charge in [-0.2, -0.15) is 5.26 Å². The van der Waals surface area contributed by atoms with E-state index in [0.29, 0.717) is 30.1 Å². The van der Waals surface area contributed by atoms with Gasteiger partial charge >= 0.3 is 0 Å². The zero-order chi connectivity index (χ0) is 20.7. The van der Waals surface area contributed by atoms with Crippen molar-refractivity contribution in [3.05, 3.63) is 47.9 Å². The second-order valence-corrected chi connectivity index (χ2v) is 8.63. The Labute approximate surface area is 165 Å². The van der Waals surface area contributed by atoms with Crippen LogP contribution in [-0.4, -0.2) is 50.7 Å². The van der Waals surface area contributed by atoms with Gasteiger partial charge in [0.15, 0.2) is 0 Å². The van der Waals surface area contributed by atoms with E-state index in [9.17, 15) is 13.2 Å². The predicted octanol–water partition coefficient (Wildman–Crippen LogP) is 2.19. The summed E-state index contributed by atoms with van der Waals surface area (Å²) in [5.74, 6) is 0.391. The Hall–Kier alpha value is -2.67. The second kappa shape index (κ2) is 9.50. The van der Waals surface area contributed by atoms with Gasteiger partial charge in [0, 0.05) is 32.7 Å². The number of nitriles is 1. The molecular formula is C19H24N4O4S. The number of nitrogens with one attached hydrogen (secondary N) is 1. The third-order valence-electron chi connectivity index (χ3n) is 4.10. The summed E-state index contributed by atoms with van der Waals surface area (Å²) in [5.41, 5.74) is 0.995. The van der Waals surface area contributed by atoms with Crippen LogP contribution in [0.5, 0.6) is 0 Å². The molecule has 0 aliphatic carbocycles. The van der Waals surface area contributed by atoms with Gasteiger partial charge in [0.2, 0.25) is 15.9 Å². The molecule has 8 nitrogen and oxygen atoms in total. The summed E-state index contributed by atoms with van der Waals surface area (Å²) in [4.78, 5) is 14.4. The molecule has 0 fully saturated rings. The van der Waals surface area contributed by atoms with Gasteiger partial charge in [-0.25, -0.2) is 12.7 Å². The largest absolute Gasteiger partial charge is 0.468 e. The Morgan fingerprint density at radius 3 is 2.64 bits per heavy atom. The van der Waals surface area contributed by atoms with Gasteiger partial charge in [0.25, 0.3) is 0 Å². The van der Waals surface area contributed by atoms with E-state index in [1.807, 2.05) is 0 Å². The van der Waals surface area contributed by atoms with Crippen LogP contribution in [0, 0.1) is 18.3 Å². The topological polar surface area (TPSA) is 107 Å². The van der Waals surface area contributed by atoms with E-state index in [1.165, 1.54) is 20.2 Å². The number of carbonyl (C=O) groups is 1. The normalized spacial score (nSPS) is 11.6. The molecule has 0 aliphatic rings. The van der Waals surface area contributed by atoms with Gasteiger partial charge in [-0.15, -0.1) is 0 Å². The van der Waals surface area contributed by atoms with Crippen molar-refractivity contribution in [2.75, 3.05) is 32.5 Å². The van der Waals surface area contributed by atoms with Gasteiger partial charge in [-0.3, -0.25) is 9.69 Å². The second-order valence-electron chi connectivity index (χ2n) is 6.51. The van der Waals surface area contributed by atoms with Crippen LogP contribution in [0.2, 0.25) is 0 Å². The summed E-state index contributed by atoms with van der Waals surface area (Å²) in [6.07, 6.45) is 1.83. The molecule has 1 heterocycles. The number of benzene rings is 1. The van der Waals surface area contributed by atoms with Crippen LogP contribution in [0.25, 0.3) is 0 Å². The molecule has 0 saturated carbocycles. The lowest BCUT2D eigenvalue weighted by Gasteiger charge is -2.20. The number of sulfonamides is 1. The predicted molar refractivity (Wildman–Crippen MR) is 105 cm³/mol. The molecule has 2 rings (SSSR count). The minimum Gasteiger partial charge on any atom is -0.468 e. The third kappa shape index (κ3) is 5.66. The number of carbonyl (C=O) groups excluding carboxylic acids is 1. The van der Waals surface area contributed by atoms with Crippen molar-refractivity contribution in [2.24, 2.45) is 0 Å². The summed E-state index contributed by atoms with van der Waals surface area (Å²) in [6, 6.07) is 10.4. The van der Waals surface area contributed by atoms with Crippen LogP contribution in [0.15, 0.2) is 45.9 Å². The minimum atomic E-state index is -3.61. The number of rotatable bonds is 9. The average Bonchev–Trinajstić information content (AvgIpc) is 3.14. The number of hydrogen-bond donors (Lipinski definition) is 1. The van der Waals surface area contributed by atoms with E-state index in [2.05, 4.69) is 11.4 Å². The first kappa shape index (κ1) is 21.6. The molecule has 0 radical (unpaired) electrons. The molecule has 28 heavy (non-hydrogen) atoms. The highest BCUT2D eigenvalue weighted by atomic mass is 32.2. The SMILES string of the molecule is Cc1ccc(NC(=O)CN(CCC#N)Cc2ccco2)cc1S(=O)(=O)N(C)C. The molecule has 1 amide bonds. The lowest BCUT2D eigenvalue weighted by Crippen LogP contribution is -2.33. The van der Waals surface area contributed by atoms with Crippen molar-refractivity contribution in [3.63, 3.8) is 0 Å². The van der Waals surface area contributed by atoms with Crippen molar-refractivity contribution in [2.45, 2.75) is 24.8 Å². The number of nitrogens with zero attached hydrogens (tertiary/aromatic N) is 3. The molecule has 150 valence electrons. The van der Waals surface area contributed by atoms with E-state index in [0.717, 1.165) is 4.31 Å². The standard InChI is InChI=1S/C19H24N4O4S/c1-15-7-8-16(12-18(15)28(25,26)22(2)3)21-19(24)14-23(10-5-9-20)13-17-6-4-11-27-17/h4,6-8,11-12H,5,10,13-14H2,1-3H3,(H,21,24). The zero-order valence-corrected chi connectivity index (χ0v) is 17.0. The maximum atomic E-state index is 12.5. The van der Waals surface area contributed by atoms with E-state index in [-0.39, 0.29) is 23.8 Å². The highest BCUT2D eigenvalue weighted by Gasteiger charge is 2.21. The van der Waals surface area contributed by atoms with Crippen molar-refractivity contribution >= 4 is 21.6 Å². The van der Waals surface area contributed by atoms with Crippen LogP contribution in [0.1, 0.15) is 17.7 Å². The average molecular weight is 404 g/mol. The van der Waals surface area contributed by atoms with Gasteiger partial charge < -0.3 is 9.73 Å². The fourth-order valence-corrected chi connectivity index (χ4v) is 3.75. The highest BCUT2D eigenvalue weighted by Crippen LogP contribution is 2.22. The quantitative estimate of drug-likeness (QED) is 0.687. The molecule has 0 saturated heterocycles. The summed E-state index contributed by atoms with van der Waals surface area (Å²) < 4.78 is 31.3. The molecule has 0 aliphatic heterocycles. The Kier molecular flexibility index (Phi) is 7.34. The monoisotopic (exact) mass is 404 g/mol. The summed E-state index contributed by atoms with van der Waals surface area (Å²) in [6.45, 7) is 2.57. The molecule has 0 bridgehead atoms. The molecule has 0 atom stereocenters. The zero-order valence-electron chi connectivity index (χ0n) is 16.2. The van der Waals surface area contributed by atoms with E-state index in [1.54, 1.807) is 42.4 Å². The summed E-state index contributed by atoms with van der Waals surface area (Å²) >= 11 is 0. The van der Waals surface area contributed by atoms with Crippen LogP contribution in [0.4, 0.5) is 5.69 Å². The Bertz CT molecular complexity index is 947. The van der Waals surface area contributed by atoms with E-state index < -0.39 is 10.0 Å². The Morgan fingerprint density at radius 2 is 2.04 bits per heavy atom. The lowest BCUT2D eigenvalue weighted by atomic mass is 10.2.